The topological polar surface area (TPSA) is 122 Å². The van der Waals surface area contributed by atoms with E-state index in [1.165, 1.54) is 45.7 Å². The number of thiazole rings is 1. The minimum Gasteiger partial charge on any atom is -1.00 e. The van der Waals surface area contributed by atoms with Crippen LogP contribution in [0.15, 0.2) is 192 Å². The predicted molar refractivity (Wildman–Crippen MR) is 277 cm³/mol. The third kappa shape index (κ3) is 9.47. The molecule has 3 heterocycles. The van der Waals surface area contributed by atoms with Gasteiger partial charge in [0, 0.05) is 21.6 Å². The third-order valence-electron chi connectivity index (χ3n) is 12.2. The molecule has 1 fully saturated rings. The van der Waals surface area contributed by atoms with Crippen molar-refractivity contribution in [1.82, 2.24) is 15.2 Å². The van der Waals surface area contributed by atoms with Crippen molar-refractivity contribution < 1.29 is 36.4 Å². The van der Waals surface area contributed by atoms with Crippen molar-refractivity contribution in [3.63, 3.8) is 0 Å². The Labute approximate surface area is 418 Å². The Hall–Kier alpha value is -6.56. The van der Waals surface area contributed by atoms with Gasteiger partial charge in [0.05, 0.1) is 12.7 Å². The number of rotatable bonds is 14. The van der Waals surface area contributed by atoms with Crippen LogP contribution >= 0.6 is 30.4 Å². The molecule has 7 aromatic rings. The number of halogens is 1. The molecular weight excluding hydrogens is 941 g/mol. The highest BCUT2D eigenvalue weighted by Gasteiger charge is 2.56. The Morgan fingerprint density at radius 1 is 0.739 bits per heavy atom. The summed E-state index contributed by atoms with van der Waals surface area (Å²) in [5.41, 5.74) is 2.45. The van der Waals surface area contributed by atoms with Crippen molar-refractivity contribution in [3.8, 4) is 0 Å². The van der Waals surface area contributed by atoms with E-state index >= 15 is 0 Å². The number of hydrogen-bond donors (Lipinski definition) is 2. The molecule has 6 aromatic carbocycles. The highest BCUT2D eigenvalue weighted by Crippen LogP contribution is 2.55. The zero-order valence-electron chi connectivity index (χ0n) is 38.7. The molecule has 0 aliphatic carbocycles. The molecule has 0 spiro atoms. The summed E-state index contributed by atoms with van der Waals surface area (Å²) in [6, 6.07) is 58.0. The number of anilines is 1. The van der Waals surface area contributed by atoms with Gasteiger partial charge in [-0.3, -0.25) is 14.5 Å². The number of nitrogens with one attached hydrogen (secondary N) is 2. The standard InChI is InChI=1S/C55H50N5O5PS2.ClH/c1-54(2,3)65-52(63)48-49(42-33-21-22-34-45(42)66(5,40-29-17-9-18-30-40)41-31-19-10-20-32-41)67-36-44-47(51(62)60(44)48)57-50(61)46(59-64-4)43-35-68-53(56-43)58-55(37-23-11-6-12-24-37,38-25-13-7-14-26-38)39-27-15-8-16-28-39;/h6-35,44,47H,36H2,1-5H3,(H-,56,57,58,61);1H/t44-,47+;/m1./s1. The number of aromatic nitrogens is 1. The smallest absolute Gasteiger partial charge is 0.356 e. The summed E-state index contributed by atoms with van der Waals surface area (Å²) in [4.78, 5) is 55.8. The lowest BCUT2D eigenvalue weighted by Crippen LogP contribution is -3.00. The Bertz CT molecular complexity index is 2870. The minimum absolute atomic E-state index is 0. The summed E-state index contributed by atoms with van der Waals surface area (Å²) in [7, 11) is -0.932. The van der Waals surface area contributed by atoms with Crippen LogP contribution in [-0.4, -0.2) is 70.6 Å². The lowest BCUT2D eigenvalue weighted by Gasteiger charge is -2.50. The van der Waals surface area contributed by atoms with Crippen LogP contribution in [0, 0.1) is 0 Å². The van der Waals surface area contributed by atoms with Crippen LogP contribution in [0.5, 0.6) is 0 Å². The first-order valence-corrected chi connectivity index (χ1v) is 26.4. The van der Waals surface area contributed by atoms with Crippen molar-refractivity contribution >= 4 is 79.8 Å². The molecule has 1 saturated heterocycles. The second-order valence-electron chi connectivity index (χ2n) is 17.5. The zero-order valence-corrected chi connectivity index (χ0v) is 42.0. The minimum atomic E-state index is -2.29. The monoisotopic (exact) mass is 991 g/mol. The Morgan fingerprint density at radius 2 is 1.23 bits per heavy atom. The lowest BCUT2D eigenvalue weighted by molar-refractivity contribution is -0.160. The van der Waals surface area contributed by atoms with Gasteiger partial charge in [0.1, 0.15) is 58.9 Å². The van der Waals surface area contributed by atoms with E-state index in [-0.39, 0.29) is 29.5 Å². The van der Waals surface area contributed by atoms with Gasteiger partial charge in [-0.2, -0.15) is 0 Å². The second-order valence-corrected chi connectivity index (χ2v) is 23.0. The normalized spacial score (nSPS) is 16.1. The van der Waals surface area contributed by atoms with Crippen molar-refractivity contribution in [2.75, 3.05) is 24.8 Å². The number of thioether (sulfide) groups is 1. The van der Waals surface area contributed by atoms with Crippen molar-refractivity contribution in [2.45, 2.75) is 44.0 Å². The van der Waals surface area contributed by atoms with Gasteiger partial charge in [-0.05, 0) is 73.9 Å². The molecule has 350 valence electrons. The molecule has 0 bridgehead atoms. The van der Waals surface area contributed by atoms with Gasteiger partial charge in [0.15, 0.2) is 10.8 Å². The maximum atomic E-state index is 14.6. The van der Waals surface area contributed by atoms with Gasteiger partial charge in [-0.25, -0.2) is 9.78 Å². The molecule has 2 amide bonds. The van der Waals surface area contributed by atoms with Crippen LogP contribution in [0.1, 0.15) is 48.7 Å². The Balaban J connectivity index is 0.00000642. The first-order valence-electron chi connectivity index (χ1n) is 22.3. The molecule has 0 saturated carbocycles. The molecule has 2 aliphatic heterocycles. The maximum Gasteiger partial charge on any atom is 0.356 e. The average Bonchev–Trinajstić information content (AvgIpc) is 3.84. The number of carbonyl (C=O) groups excluding carboxylic acids is 3. The van der Waals surface area contributed by atoms with Crippen molar-refractivity contribution in [3.05, 3.63) is 215 Å². The molecule has 9 rings (SSSR count). The molecule has 2 atom stereocenters. The van der Waals surface area contributed by atoms with Crippen LogP contribution in [0.25, 0.3) is 4.91 Å². The molecule has 1 aromatic heterocycles. The highest BCUT2D eigenvalue weighted by molar-refractivity contribution is 8.08. The molecular formula is C55H51ClN5O5PS2. The van der Waals surface area contributed by atoms with Gasteiger partial charge in [0.2, 0.25) is 0 Å². The van der Waals surface area contributed by atoms with Crippen LogP contribution in [0.3, 0.4) is 0 Å². The number of nitrogens with zero attached hydrogens (tertiary/aromatic N) is 3. The van der Waals surface area contributed by atoms with E-state index in [0.29, 0.717) is 15.8 Å². The molecule has 69 heavy (non-hydrogen) atoms. The first-order chi connectivity index (χ1) is 32.9. The fourth-order valence-corrected chi connectivity index (χ4v) is 14.6. The van der Waals surface area contributed by atoms with Gasteiger partial charge in [-0.1, -0.05) is 145 Å². The van der Waals surface area contributed by atoms with E-state index < -0.39 is 48.3 Å². The number of benzene rings is 6. The fourth-order valence-electron chi connectivity index (χ4n) is 9.04. The molecule has 0 radical (unpaired) electrons. The van der Waals surface area contributed by atoms with E-state index in [0.717, 1.165) is 27.6 Å². The molecule has 14 heteroatoms. The van der Waals surface area contributed by atoms with Gasteiger partial charge < -0.3 is 32.6 Å². The average molecular weight is 993 g/mol. The molecule has 2 aliphatic rings. The number of esters is 1. The predicted octanol–water partition coefficient (Wildman–Crippen LogP) is 5.98. The van der Waals surface area contributed by atoms with Crippen molar-refractivity contribution in [2.24, 2.45) is 5.16 Å². The summed E-state index contributed by atoms with van der Waals surface area (Å²) in [5, 5.41) is 16.5. The summed E-state index contributed by atoms with van der Waals surface area (Å²) in [5.74, 6) is -1.28. The van der Waals surface area contributed by atoms with E-state index in [2.05, 4.69) is 113 Å². The number of β-lactam (4-membered cyclic amide) rings is 1. The van der Waals surface area contributed by atoms with Crippen molar-refractivity contribution in [1.29, 1.82) is 0 Å². The van der Waals surface area contributed by atoms with Crippen LogP contribution < -0.4 is 39.0 Å². The molecule has 2 N–H and O–H groups in total. The summed E-state index contributed by atoms with van der Waals surface area (Å²) < 4.78 is 6.06. The number of amides is 2. The first kappa shape index (κ1) is 48.9. The Kier molecular flexibility index (Phi) is 14.6. The fraction of sp³-hybridized carbons (Fsp3) is 0.182. The maximum absolute atomic E-state index is 14.6. The largest absolute Gasteiger partial charge is 1.00 e. The van der Waals surface area contributed by atoms with E-state index in [9.17, 15) is 14.4 Å². The van der Waals surface area contributed by atoms with Gasteiger partial charge >= 0.3 is 5.97 Å². The molecule has 10 nitrogen and oxygen atoms in total. The highest BCUT2D eigenvalue weighted by atomic mass is 35.5. The number of oxime groups is 1. The summed E-state index contributed by atoms with van der Waals surface area (Å²) >= 11 is 2.81. The number of fused-ring (bicyclic) bond motifs is 1. The van der Waals surface area contributed by atoms with Gasteiger partial charge in [0.25, 0.3) is 11.8 Å². The van der Waals surface area contributed by atoms with Crippen LogP contribution in [0.4, 0.5) is 5.13 Å². The Morgan fingerprint density at radius 3 is 1.74 bits per heavy atom. The summed E-state index contributed by atoms with van der Waals surface area (Å²) in [6.45, 7) is 7.72. The quantitative estimate of drug-likeness (QED) is 0.0342. The van der Waals surface area contributed by atoms with E-state index in [4.69, 9.17) is 14.6 Å². The number of carbonyl (C=O) groups is 3. The zero-order chi connectivity index (χ0) is 47.5. The third-order valence-corrected chi connectivity index (χ3v) is 18.2. The summed E-state index contributed by atoms with van der Waals surface area (Å²) in [6.07, 6.45) is 0. The van der Waals surface area contributed by atoms with Crippen LogP contribution in [0.2, 0.25) is 0 Å². The van der Waals surface area contributed by atoms with E-state index in [1.807, 2.05) is 106 Å². The van der Waals surface area contributed by atoms with Gasteiger partial charge in [-0.15, -0.1) is 23.1 Å². The SMILES string of the molecule is CON=C(C(=O)N[C@@H]1C(=O)N2C(C(=O)OC(C)(C)C)=C(c3ccccc3[P+](C)(c3ccccc3)c3ccccc3)SC[C@H]12)c1csc(NC(c2ccccc2)(c2ccccc2)c2ccccc2)n1.[Cl-]. The number of hydrogen-bond acceptors (Lipinski definition) is 10. The second kappa shape index (κ2) is 20.6. The molecule has 0 unspecified atom stereocenters. The van der Waals surface area contributed by atoms with E-state index in [1.54, 1.807) is 5.38 Å². The van der Waals surface area contributed by atoms with Crippen LogP contribution in [-0.2, 0) is 29.5 Å². The lowest BCUT2D eigenvalue weighted by atomic mass is 9.77. The number of ether oxygens (including phenoxy) is 1.